The van der Waals surface area contributed by atoms with E-state index in [4.69, 9.17) is 4.74 Å². The minimum Gasteiger partial charge on any atom is -0.497 e. The van der Waals surface area contributed by atoms with Crippen molar-refractivity contribution >= 4 is 0 Å². The summed E-state index contributed by atoms with van der Waals surface area (Å²) in [4.78, 5) is 0. The van der Waals surface area contributed by atoms with Crippen LogP contribution in [0.1, 0.15) is 27.2 Å². The zero-order valence-electron chi connectivity index (χ0n) is 9.63. The van der Waals surface area contributed by atoms with Crippen molar-refractivity contribution in [1.82, 2.24) is 5.32 Å². The zero-order chi connectivity index (χ0) is 10.6. The van der Waals surface area contributed by atoms with E-state index in [-0.39, 0.29) is 5.41 Å². The van der Waals surface area contributed by atoms with Gasteiger partial charge in [-0.2, -0.15) is 0 Å². The zero-order valence-corrected chi connectivity index (χ0v) is 9.63. The van der Waals surface area contributed by atoms with Gasteiger partial charge in [0.25, 0.3) is 0 Å². The summed E-state index contributed by atoms with van der Waals surface area (Å²) in [6.45, 7) is 7.63. The molecule has 1 rings (SSSR count). The molecule has 0 saturated carbocycles. The van der Waals surface area contributed by atoms with Gasteiger partial charge in [-0.1, -0.05) is 26.8 Å². The van der Waals surface area contributed by atoms with Crippen LogP contribution in [0, 0.1) is 5.41 Å². The molecule has 0 bridgehead atoms. The molecule has 80 valence electrons. The van der Waals surface area contributed by atoms with E-state index < -0.39 is 0 Å². The number of allylic oxidation sites excluding steroid dienone is 2. The summed E-state index contributed by atoms with van der Waals surface area (Å²) in [5.74, 6) is 0.979. The minimum atomic E-state index is 0.242. The van der Waals surface area contributed by atoms with Crippen molar-refractivity contribution < 1.29 is 4.74 Å². The maximum absolute atomic E-state index is 5.16. The molecule has 1 atom stereocenters. The van der Waals surface area contributed by atoms with Crippen LogP contribution in [-0.4, -0.2) is 19.7 Å². The molecule has 1 unspecified atom stereocenters. The summed E-state index contributed by atoms with van der Waals surface area (Å²) >= 11 is 0. The molecule has 1 aliphatic rings. The third-order valence-electron chi connectivity index (χ3n) is 2.57. The number of hydrogen-bond donors (Lipinski definition) is 1. The molecule has 0 heterocycles. The molecule has 0 saturated heterocycles. The van der Waals surface area contributed by atoms with Crippen LogP contribution in [-0.2, 0) is 4.74 Å². The lowest BCUT2D eigenvalue weighted by Gasteiger charge is -2.29. The van der Waals surface area contributed by atoms with Crippen LogP contribution >= 0.6 is 0 Å². The van der Waals surface area contributed by atoms with Gasteiger partial charge in [0.15, 0.2) is 0 Å². The fourth-order valence-corrected chi connectivity index (χ4v) is 1.47. The number of methoxy groups -OCH3 is 1. The molecule has 1 N–H and O–H groups in total. The Bertz CT molecular complexity index is 243. The summed E-state index contributed by atoms with van der Waals surface area (Å²) in [6.07, 6.45) is 7.50. The van der Waals surface area contributed by atoms with E-state index in [1.165, 1.54) is 0 Å². The maximum atomic E-state index is 5.16. The Balaban J connectivity index is 2.47. The van der Waals surface area contributed by atoms with E-state index in [9.17, 15) is 0 Å². The first-order valence-corrected chi connectivity index (χ1v) is 5.22. The van der Waals surface area contributed by atoms with Gasteiger partial charge >= 0.3 is 0 Å². The second kappa shape index (κ2) is 4.65. The number of rotatable bonds is 4. The fourth-order valence-electron chi connectivity index (χ4n) is 1.47. The quantitative estimate of drug-likeness (QED) is 0.744. The topological polar surface area (TPSA) is 21.3 Å². The second-order valence-corrected chi connectivity index (χ2v) is 4.54. The highest BCUT2D eigenvalue weighted by molar-refractivity contribution is 5.21. The van der Waals surface area contributed by atoms with Crippen molar-refractivity contribution in [2.75, 3.05) is 13.7 Å². The van der Waals surface area contributed by atoms with Crippen LogP contribution < -0.4 is 5.32 Å². The molecule has 0 aromatic heterocycles. The molecule has 0 aliphatic heterocycles. The van der Waals surface area contributed by atoms with Gasteiger partial charge in [-0.15, -0.1) is 0 Å². The molecule has 14 heavy (non-hydrogen) atoms. The van der Waals surface area contributed by atoms with Gasteiger partial charge < -0.3 is 10.1 Å². The Morgan fingerprint density at radius 2 is 2.29 bits per heavy atom. The third-order valence-corrected chi connectivity index (χ3v) is 2.57. The molecule has 0 aromatic rings. The summed E-state index contributed by atoms with van der Waals surface area (Å²) in [5, 5.41) is 3.47. The lowest BCUT2D eigenvalue weighted by atomic mass is 9.83. The minimum absolute atomic E-state index is 0.242. The molecular formula is C12H21NO. The van der Waals surface area contributed by atoms with E-state index in [0.717, 1.165) is 18.7 Å². The van der Waals surface area contributed by atoms with E-state index in [2.05, 4.69) is 44.3 Å². The standard InChI is InChI=1S/C12H21NO/c1-10(2)13-9-12(3)7-5-11(14-4)6-8-12/h5-7,10,13H,8-9H2,1-4H3. The van der Waals surface area contributed by atoms with E-state index >= 15 is 0 Å². The van der Waals surface area contributed by atoms with E-state index in [1.54, 1.807) is 7.11 Å². The van der Waals surface area contributed by atoms with Gasteiger partial charge in [0.2, 0.25) is 0 Å². The predicted molar refractivity (Wildman–Crippen MR) is 60.1 cm³/mol. The highest BCUT2D eigenvalue weighted by Crippen LogP contribution is 2.28. The van der Waals surface area contributed by atoms with Crippen molar-refractivity contribution in [2.24, 2.45) is 5.41 Å². The third kappa shape index (κ3) is 3.18. The SMILES string of the molecule is COC1=CCC(C)(CNC(C)C)C=C1. The Morgan fingerprint density at radius 1 is 1.57 bits per heavy atom. The molecule has 0 radical (unpaired) electrons. The van der Waals surface area contributed by atoms with Crippen molar-refractivity contribution in [3.63, 3.8) is 0 Å². The van der Waals surface area contributed by atoms with Gasteiger partial charge in [0, 0.05) is 18.0 Å². The van der Waals surface area contributed by atoms with Gasteiger partial charge in [-0.3, -0.25) is 0 Å². The van der Waals surface area contributed by atoms with E-state index in [0.29, 0.717) is 6.04 Å². The Hall–Kier alpha value is -0.760. The summed E-state index contributed by atoms with van der Waals surface area (Å²) < 4.78 is 5.16. The molecule has 0 spiro atoms. The first-order valence-electron chi connectivity index (χ1n) is 5.22. The monoisotopic (exact) mass is 195 g/mol. The first kappa shape index (κ1) is 11.3. The smallest absolute Gasteiger partial charge is 0.114 e. The summed E-state index contributed by atoms with van der Waals surface area (Å²) in [6, 6.07) is 0.549. The number of ether oxygens (including phenoxy) is 1. The maximum Gasteiger partial charge on any atom is 0.114 e. The molecule has 1 aliphatic carbocycles. The van der Waals surface area contributed by atoms with E-state index in [1.807, 2.05) is 0 Å². The van der Waals surface area contributed by atoms with Crippen LogP contribution in [0.2, 0.25) is 0 Å². The second-order valence-electron chi connectivity index (χ2n) is 4.54. The van der Waals surface area contributed by atoms with Crippen LogP contribution in [0.25, 0.3) is 0 Å². The van der Waals surface area contributed by atoms with Crippen molar-refractivity contribution in [1.29, 1.82) is 0 Å². The predicted octanol–water partition coefficient (Wildman–Crippen LogP) is 2.48. The van der Waals surface area contributed by atoms with Crippen molar-refractivity contribution in [2.45, 2.75) is 33.2 Å². The average Bonchev–Trinajstić information content (AvgIpc) is 2.16. The molecule has 0 amide bonds. The van der Waals surface area contributed by atoms with Crippen LogP contribution in [0.15, 0.2) is 24.0 Å². The summed E-state index contributed by atoms with van der Waals surface area (Å²) in [5.41, 5.74) is 0.242. The lowest BCUT2D eigenvalue weighted by molar-refractivity contribution is 0.290. The van der Waals surface area contributed by atoms with Gasteiger partial charge in [-0.25, -0.2) is 0 Å². The molecule has 2 heteroatoms. The number of nitrogens with one attached hydrogen (secondary N) is 1. The Morgan fingerprint density at radius 3 is 2.71 bits per heavy atom. The van der Waals surface area contributed by atoms with Gasteiger partial charge in [0.1, 0.15) is 5.76 Å². The fraction of sp³-hybridized carbons (Fsp3) is 0.667. The molecule has 0 aromatic carbocycles. The number of hydrogen-bond acceptors (Lipinski definition) is 2. The highest BCUT2D eigenvalue weighted by atomic mass is 16.5. The normalized spacial score (nSPS) is 26.5. The van der Waals surface area contributed by atoms with Gasteiger partial charge in [0.05, 0.1) is 7.11 Å². The van der Waals surface area contributed by atoms with Crippen LogP contribution in [0.5, 0.6) is 0 Å². The first-order chi connectivity index (χ1) is 6.56. The van der Waals surface area contributed by atoms with Crippen LogP contribution in [0.4, 0.5) is 0 Å². The Kier molecular flexibility index (Phi) is 3.76. The van der Waals surface area contributed by atoms with Crippen molar-refractivity contribution in [3.05, 3.63) is 24.0 Å². The largest absolute Gasteiger partial charge is 0.497 e. The van der Waals surface area contributed by atoms with Gasteiger partial charge in [-0.05, 0) is 18.6 Å². The Labute approximate surface area is 87.0 Å². The van der Waals surface area contributed by atoms with Crippen LogP contribution in [0.3, 0.4) is 0 Å². The highest BCUT2D eigenvalue weighted by Gasteiger charge is 2.22. The summed E-state index contributed by atoms with van der Waals surface area (Å²) in [7, 11) is 1.71. The van der Waals surface area contributed by atoms with Crippen molar-refractivity contribution in [3.8, 4) is 0 Å². The molecule has 0 fully saturated rings. The molecule has 2 nitrogen and oxygen atoms in total. The average molecular weight is 195 g/mol. The lowest BCUT2D eigenvalue weighted by Crippen LogP contribution is -2.35. The molecular weight excluding hydrogens is 174 g/mol.